The molecule has 0 saturated heterocycles. The molecule has 0 fully saturated rings. The van der Waals surface area contributed by atoms with Crippen molar-refractivity contribution in [1.82, 2.24) is 5.32 Å². The average Bonchev–Trinajstić information content (AvgIpc) is 2.54. The van der Waals surface area contributed by atoms with Crippen LogP contribution in [0.5, 0.6) is 5.75 Å². The summed E-state index contributed by atoms with van der Waals surface area (Å²) in [5.74, 6) is -0.713. The van der Waals surface area contributed by atoms with Gasteiger partial charge in [-0.05, 0) is 42.7 Å². The normalized spacial score (nSPS) is 11.6. The molecule has 0 aliphatic rings. The van der Waals surface area contributed by atoms with Crippen LogP contribution in [0, 0.1) is 6.92 Å². The number of carboxylic acid groups (broad SMARTS) is 1. The molecule has 0 heterocycles. The SMILES string of the molecule is Cc1ccccc1COc1cccc(CC(=O)NC(C)C(=O)O)c1. The number of carboxylic acids is 1. The molecule has 0 radical (unpaired) electrons. The third kappa shape index (κ3) is 5.12. The van der Waals surface area contributed by atoms with Crippen LogP contribution < -0.4 is 10.1 Å². The number of carbonyl (C=O) groups is 2. The minimum atomic E-state index is -1.06. The second-order valence-electron chi connectivity index (χ2n) is 5.67. The Morgan fingerprint density at radius 2 is 1.92 bits per heavy atom. The molecule has 0 aromatic heterocycles. The minimum Gasteiger partial charge on any atom is -0.489 e. The van der Waals surface area contributed by atoms with Gasteiger partial charge in [-0.25, -0.2) is 0 Å². The van der Waals surface area contributed by atoms with Gasteiger partial charge in [-0.3, -0.25) is 9.59 Å². The maximum absolute atomic E-state index is 11.8. The Bertz CT molecular complexity index is 727. The lowest BCUT2D eigenvalue weighted by atomic mass is 10.1. The van der Waals surface area contributed by atoms with Crippen LogP contribution in [0.3, 0.4) is 0 Å². The zero-order valence-corrected chi connectivity index (χ0v) is 13.8. The number of nitrogens with one attached hydrogen (secondary N) is 1. The van der Waals surface area contributed by atoms with Crippen molar-refractivity contribution in [2.75, 3.05) is 0 Å². The number of benzene rings is 2. The summed E-state index contributed by atoms with van der Waals surface area (Å²) in [5, 5.41) is 11.2. The molecule has 0 aliphatic heterocycles. The minimum absolute atomic E-state index is 0.110. The first-order valence-corrected chi connectivity index (χ1v) is 7.74. The maximum atomic E-state index is 11.8. The Balaban J connectivity index is 1.95. The molecule has 1 amide bonds. The largest absolute Gasteiger partial charge is 0.489 e. The molecule has 5 heteroatoms. The Morgan fingerprint density at radius 1 is 1.17 bits per heavy atom. The number of amides is 1. The first-order chi connectivity index (χ1) is 11.5. The van der Waals surface area contributed by atoms with Gasteiger partial charge in [0, 0.05) is 0 Å². The first-order valence-electron chi connectivity index (χ1n) is 7.74. The van der Waals surface area contributed by atoms with E-state index < -0.39 is 12.0 Å². The van der Waals surface area contributed by atoms with E-state index in [0.717, 1.165) is 16.7 Å². The highest BCUT2D eigenvalue weighted by Crippen LogP contribution is 2.17. The smallest absolute Gasteiger partial charge is 0.325 e. The predicted molar refractivity (Wildman–Crippen MR) is 90.9 cm³/mol. The van der Waals surface area contributed by atoms with Crippen LogP contribution in [-0.2, 0) is 22.6 Å². The summed E-state index contributed by atoms with van der Waals surface area (Å²) < 4.78 is 5.79. The zero-order valence-electron chi connectivity index (χ0n) is 13.8. The second-order valence-corrected chi connectivity index (χ2v) is 5.67. The lowest BCUT2D eigenvalue weighted by Crippen LogP contribution is -2.39. The summed E-state index contributed by atoms with van der Waals surface area (Å²) in [6.45, 7) is 3.92. The fourth-order valence-corrected chi connectivity index (χ4v) is 2.22. The number of rotatable bonds is 7. The molecule has 1 atom stereocenters. The van der Waals surface area contributed by atoms with Crippen molar-refractivity contribution in [3.63, 3.8) is 0 Å². The molecule has 0 saturated carbocycles. The first kappa shape index (κ1) is 17.5. The van der Waals surface area contributed by atoms with E-state index in [0.29, 0.717) is 12.4 Å². The second kappa shape index (κ2) is 8.15. The Morgan fingerprint density at radius 3 is 2.62 bits per heavy atom. The number of hydrogen-bond acceptors (Lipinski definition) is 3. The molecular weight excluding hydrogens is 306 g/mol. The zero-order chi connectivity index (χ0) is 17.5. The van der Waals surface area contributed by atoms with E-state index in [2.05, 4.69) is 5.32 Å². The highest BCUT2D eigenvalue weighted by molar-refractivity contribution is 5.84. The van der Waals surface area contributed by atoms with Crippen LogP contribution in [-0.4, -0.2) is 23.0 Å². The van der Waals surface area contributed by atoms with Crippen molar-refractivity contribution < 1.29 is 19.4 Å². The van der Waals surface area contributed by atoms with Gasteiger partial charge in [0.05, 0.1) is 6.42 Å². The van der Waals surface area contributed by atoms with Crippen molar-refractivity contribution in [3.05, 3.63) is 65.2 Å². The van der Waals surface area contributed by atoms with E-state index in [1.54, 1.807) is 6.07 Å². The van der Waals surface area contributed by atoms with Crippen LogP contribution in [0.1, 0.15) is 23.6 Å². The van der Waals surface area contributed by atoms with Gasteiger partial charge in [-0.2, -0.15) is 0 Å². The third-order valence-corrected chi connectivity index (χ3v) is 3.67. The van der Waals surface area contributed by atoms with E-state index in [4.69, 9.17) is 9.84 Å². The van der Waals surface area contributed by atoms with Crippen molar-refractivity contribution >= 4 is 11.9 Å². The fraction of sp³-hybridized carbons (Fsp3) is 0.263. The fourth-order valence-electron chi connectivity index (χ4n) is 2.22. The number of aliphatic carboxylic acids is 1. The van der Waals surface area contributed by atoms with Gasteiger partial charge < -0.3 is 15.2 Å². The van der Waals surface area contributed by atoms with Crippen LogP contribution in [0.25, 0.3) is 0 Å². The Hall–Kier alpha value is -2.82. The lowest BCUT2D eigenvalue weighted by Gasteiger charge is -2.11. The number of ether oxygens (including phenoxy) is 1. The van der Waals surface area contributed by atoms with Gasteiger partial charge in [0.25, 0.3) is 0 Å². The molecule has 5 nitrogen and oxygen atoms in total. The van der Waals surface area contributed by atoms with Gasteiger partial charge >= 0.3 is 5.97 Å². The molecular formula is C19H21NO4. The highest BCUT2D eigenvalue weighted by atomic mass is 16.5. The quantitative estimate of drug-likeness (QED) is 0.820. The standard InChI is InChI=1S/C19H21NO4/c1-13-6-3-4-8-16(13)12-24-17-9-5-7-15(10-17)11-18(21)20-14(2)19(22)23/h3-10,14H,11-12H2,1-2H3,(H,20,21)(H,22,23). The highest BCUT2D eigenvalue weighted by Gasteiger charge is 2.14. The third-order valence-electron chi connectivity index (χ3n) is 3.67. The number of hydrogen-bond donors (Lipinski definition) is 2. The van der Waals surface area contributed by atoms with E-state index in [-0.39, 0.29) is 12.3 Å². The summed E-state index contributed by atoms with van der Waals surface area (Å²) in [6, 6.07) is 14.3. The van der Waals surface area contributed by atoms with E-state index >= 15 is 0 Å². The Kier molecular flexibility index (Phi) is 5.95. The van der Waals surface area contributed by atoms with E-state index in [9.17, 15) is 9.59 Å². The van der Waals surface area contributed by atoms with Crippen LogP contribution >= 0.6 is 0 Å². The summed E-state index contributed by atoms with van der Waals surface area (Å²) in [6.07, 6.45) is 0.110. The number of carbonyl (C=O) groups excluding carboxylic acids is 1. The molecule has 0 spiro atoms. The molecule has 24 heavy (non-hydrogen) atoms. The molecule has 2 rings (SSSR count). The molecule has 2 N–H and O–H groups in total. The van der Waals surface area contributed by atoms with E-state index in [1.165, 1.54) is 6.92 Å². The predicted octanol–water partition coefficient (Wildman–Crippen LogP) is 2.71. The monoisotopic (exact) mass is 327 g/mol. The van der Waals surface area contributed by atoms with Crippen molar-refractivity contribution in [2.45, 2.75) is 32.9 Å². The van der Waals surface area contributed by atoms with Crippen LogP contribution in [0.2, 0.25) is 0 Å². The molecule has 0 aliphatic carbocycles. The topological polar surface area (TPSA) is 75.6 Å². The van der Waals surface area contributed by atoms with Crippen LogP contribution in [0.15, 0.2) is 48.5 Å². The summed E-state index contributed by atoms with van der Waals surface area (Å²) in [5.41, 5.74) is 3.04. The van der Waals surface area contributed by atoms with Crippen molar-refractivity contribution in [1.29, 1.82) is 0 Å². The molecule has 1 unspecified atom stereocenters. The summed E-state index contributed by atoms with van der Waals surface area (Å²) in [7, 11) is 0. The van der Waals surface area contributed by atoms with Gasteiger partial charge in [-0.1, -0.05) is 36.4 Å². The van der Waals surface area contributed by atoms with Gasteiger partial charge in [0.1, 0.15) is 18.4 Å². The van der Waals surface area contributed by atoms with Gasteiger partial charge in [0.2, 0.25) is 5.91 Å². The van der Waals surface area contributed by atoms with Crippen molar-refractivity contribution in [3.8, 4) is 5.75 Å². The van der Waals surface area contributed by atoms with Gasteiger partial charge in [-0.15, -0.1) is 0 Å². The van der Waals surface area contributed by atoms with Crippen LogP contribution in [0.4, 0.5) is 0 Å². The molecule has 2 aromatic carbocycles. The average molecular weight is 327 g/mol. The molecule has 0 bridgehead atoms. The maximum Gasteiger partial charge on any atom is 0.325 e. The summed E-state index contributed by atoms with van der Waals surface area (Å²) in [4.78, 5) is 22.6. The Labute approximate surface area is 141 Å². The van der Waals surface area contributed by atoms with Gasteiger partial charge in [0.15, 0.2) is 0 Å². The molecule has 2 aromatic rings. The summed E-state index contributed by atoms with van der Waals surface area (Å²) >= 11 is 0. The van der Waals surface area contributed by atoms with Crippen molar-refractivity contribution in [2.24, 2.45) is 0 Å². The lowest BCUT2D eigenvalue weighted by molar-refractivity contribution is -0.141. The van der Waals surface area contributed by atoms with E-state index in [1.807, 2.05) is 49.4 Å². The number of aryl methyl sites for hydroxylation is 1. The molecule has 126 valence electrons.